The molecule has 1 unspecified atom stereocenters. The third kappa shape index (κ3) is 8.33. The monoisotopic (exact) mass is 774 g/mol. The van der Waals surface area contributed by atoms with Gasteiger partial charge in [-0.15, -0.1) is 0 Å². The zero-order valence-electron chi connectivity index (χ0n) is 31.6. The first-order valence-corrected chi connectivity index (χ1v) is 18.9. The topological polar surface area (TPSA) is 196 Å². The number of hydrogen-bond donors (Lipinski definition) is 2. The number of urea groups is 1. The van der Waals surface area contributed by atoms with Gasteiger partial charge in [0, 0.05) is 81.0 Å². The smallest absolute Gasteiger partial charge is 0.322 e. The fraction of sp³-hybridized carbons (Fsp3) is 0.366. The van der Waals surface area contributed by atoms with Gasteiger partial charge in [-0.3, -0.25) is 34.4 Å². The van der Waals surface area contributed by atoms with Crippen LogP contribution in [0, 0.1) is 11.3 Å². The van der Waals surface area contributed by atoms with E-state index in [1.165, 1.54) is 12.1 Å². The van der Waals surface area contributed by atoms with E-state index in [2.05, 4.69) is 38.5 Å². The van der Waals surface area contributed by atoms with Crippen LogP contribution in [0.15, 0.2) is 67.0 Å². The maximum atomic E-state index is 13.3. The minimum absolute atomic E-state index is 0.0232. The molecule has 0 radical (unpaired) electrons. The lowest BCUT2D eigenvalue weighted by molar-refractivity contribution is -0.136. The number of nitriles is 1. The lowest BCUT2D eigenvalue weighted by Crippen LogP contribution is -2.59. The summed E-state index contributed by atoms with van der Waals surface area (Å²) in [4.78, 5) is 76.8. The Bertz CT molecular complexity index is 2240. The third-order valence-electron chi connectivity index (χ3n) is 10.2. The Morgan fingerprint density at radius 1 is 0.912 bits per heavy atom. The Balaban J connectivity index is 0.786. The van der Waals surface area contributed by atoms with E-state index in [0.29, 0.717) is 80.8 Å². The molecule has 2 fully saturated rings. The lowest BCUT2D eigenvalue weighted by atomic mass is 10.0. The maximum absolute atomic E-state index is 13.3. The van der Waals surface area contributed by atoms with Crippen LogP contribution in [0.25, 0.3) is 10.9 Å². The van der Waals surface area contributed by atoms with E-state index in [0.717, 1.165) is 16.0 Å². The van der Waals surface area contributed by atoms with Crippen LogP contribution in [0.1, 0.15) is 65.8 Å². The van der Waals surface area contributed by atoms with Gasteiger partial charge in [-0.05, 0) is 68.8 Å². The van der Waals surface area contributed by atoms with Crippen LogP contribution in [0.3, 0.4) is 0 Å². The summed E-state index contributed by atoms with van der Waals surface area (Å²) in [5.41, 5.74) is 3.11. The van der Waals surface area contributed by atoms with Gasteiger partial charge in [0.2, 0.25) is 17.7 Å². The van der Waals surface area contributed by atoms with Crippen LogP contribution >= 0.6 is 0 Å². The van der Waals surface area contributed by atoms with Crippen molar-refractivity contribution < 1.29 is 38.2 Å². The van der Waals surface area contributed by atoms with Crippen molar-refractivity contribution in [1.82, 2.24) is 25.1 Å². The first kappa shape index (κ1) is 38.7. The number of nitrogens with one attached hydrogen (secondary N) is 2. The molecule has 3 aliphatic rings. The van der Waals surface area contributed by atoms with Crippen LogP contribution in [0.4, 0.5) is 16.2 Å². The number of fused-ring (bicyclic) bond motifs is 2. The fourth-order valence-corrected chi connectivity index (χ4v) is 7.31. The van der Waals surface area contributed by atoms with E-state index in [1.54, 1.807) is 36.7 Å². The van der Waals surface area contributed by atoms with Crippen LogP contribution in [0.2, 0.25) is 0 Å². The van der Waals surface area contributed by atoms with Gasteiger partial charge >= 0.3 is 6.03 Å². The Labute approximate surface area is 328 Å². The standard InChI is InChI=1S/C41H42N8O8/c1-25-24-48(26(2)23-47(25)33-11-7-27(21-42)37-31(33)6-3-15-43-37)41(54)45-28-8-14-36(44-22-28)57-19-5-17-55-16-4-18-56-29-9-10-30-32(20-29)40(53)49(39(30)52)34-12-13-35(50)46-38(34)51/h3,6-11,14-15,20,22,25-26,34H,4-5,12-13,16-19,23-24H2,1-2H3,(H,45,54)(H,46,50,51)/t25-,26+,34?/m0/s1. The molecular formula is C41H42N8O8. The summed E-state index contributed by atoms with van der Waals surface area (Å²) in [5, 5.41) is 15.6. The van der Waals surface area contributed by atoms with Gasteiger partial charge in [0.25, 0.3) is 11.8 Å². The average Bonchev–Trinajstić information content (AvgIpc) is 3.45. The summed E-state index contributed by atoms with van der Waals surface area (Å²) >= 11 is 0. The minimum atomic E-state index is -1.02. The molecule has 16 nitrogen and oxygen atoms in total. The first-order chi connectivity index (χ1) is 27.6. The van der Waals surface area contributed by atoms with E-state index in [1.807, 2.05) is 30.0 Å². The van der Waals surface area contributed by atoms with Gasteiger partial charge in [0.05, 0.1) is 47.3 Å². The summed E-state index contributed by atoms with van der Waals surface area (Å²) in [6.45, 7) is 6.83. The number of ether oxygens (including phenoxy) is 3. The number of nitrogens with zero attached hydrogens (tertiary/aromatic N) is 6. The van der Waals surface area contributed by atoms with E-state index < -0.39 is 29.7 Å². The number of pyridine rings is 2. The molecule has 2 N–H and O–H groups in total. The molecule has 294 valence electrons. The van der Waals surface area contributed by atoms with Crippen molar-refractivity contribution in [3.05, 3.63) is 83.7 Å². The summed E-state index contributed by atoms with van der Waals surface area (Å²) in [5.74, 6) is -1.38. The third-order valence-corrected chi connectivity index (χ3v) is 10.2. The molecule has 57 heavy (non-hydrogen) atoms. The van der Waals surface area contributed by atoms with E-state index in [4.69, 9.17) is 14.2 Å². The molecule has 0 saturated carbocycles. The number of hydrogen-bond acceptors (Lipinski definition) is 12. The second kappa shape index (κ2) is 17.0. The fourth-order valence-electron chi connectivity index (χ4n) is 7.31. The predicted molar refractivity (Wildman–Crippen MR) is 207 cm³/mol. The van der Waals surface area contributed by atoms with Crippen molar-refractivity contribution in [3.8, 4) is 17.7 Å². The molecule has 2 aromatic heterocycles. The van der Waals surface area contributed by atoms with E-state index in [-0.39, 0.29) is 42.1 Å². The second-order valence-corrected chi connectivity index (χ2v) is 14.1. The van der Waals surface area contributed by atoms with Crippen molar-refractivity contribution >= 4 is 51.9 Å². The molecule has 0 spiro atoms. The highest BCUT2D eigenvalue weighted by Gasteiger charge is 2.44. The molecule has 3 aliphatic heterocycles. The maximum Gasteiger partial charge on any atom is 0.322 e. The van der Waals surface area contributed by atoms with Crippen LogP contribution in [0.5, 0.6) is 11.6 Å². The number of carbonyl (C=O) groups is 5. The van der Waals surface area contributed by atoms with Gasteiger partial charge in [0.1, 0.15) is 17.9 Å². The van der Waals surface area contributed by atoms with Crippen molar-refractivity contribution in [3.63, 3.8) is 0 Å². The second-order valence-electron chi connectivity index (χ2n) is 14.1. The Hall–Kier alpha value is -6.60. The number of rotatable bonds is 13. The average molecular weight is 775 g/mol. The van der Waals surface area contributed by atoms with Gasteiger partial charge in [0.15, 0.2) is 0 Å². The summed E-state index contributed by atoms with van der Waals surface area (Å²) < 4.78 is 17.2. The minimum Gasteiger partial charge on any atom is -0.493 e. The number of amides is 6. The van der Waals surface area contributed by atoms with Gasteiger partial charge in [-0.2, -0.15) is 5.26 Å². The molecule has 7 rings (SSSR count). The first-order valence-electron chi connectivity index (χ1n) is 18.9. The molecule has 2 aromatic carbocycles. The zero-order chi connectivity index (χ0) is 40.1. The van der Waals surface area contributed by atoms with Crippen LogP contribution < -0.4 is 25.0 Å². The van der Waals surface area contributed by atoms with E-state index >= 15 is 0 Å². The normalized spacial score (nSPS) is 19.3. The van der Waals surface area contributed by atoms with Gasteiger partial charge < -0.3 is 29.3 Å². The van der Waals surface area contributed by atoms with Crippen molar-refractivity contribution in [2.24, 2.45) is 0 Å². The molecule has 4 aromatic rings. The van der Waals surface area contributed by atoms with E-state index in [9.17, 15) is 29.2 Å². The summed E-state index contributed by atoms with van der Waals surface area (Å²) in [6, 6.07) is 16.6. The lowest BCUT2D eigenvalue weighted by Gasteiger charge is -2.45. The highest BCUT2D eigenvalue weighted by atomic mass is 16.5. The Kier molecular flexibility index (Phi) is 11.6. The van der Waals surface area contributed by atoms with Crippen molar-refractivity contribution in [1.29, 1.82) is 5.26 Å². The van der Waals surface area contributed by atoms with Gasteiger partial charge in [-0.25, -0.2) is 9.78 Å². The van der Waals surface area contributed by atoms with Crippen LogP contribution in [-0.4, -0.2) is 107 Å². The van der Waals surface area contributed by atoms with Crippen molar-refractivity contribution in [2.45, 2.75) is 57.7 Å². The number of anilines is 2. The number of imide groups is 2. The highest BCUT2D eigenvalue weighted by Crippen LogP contribution is 2.33. The number of carbonyl (C=O) groups excluding carboxylic acids is 5. The predicted octanol–water partition coefficient (Wildman–Crippen LogP) is 4.29. The quantitative estimate of drug-likeness (QED) is 0.145. The number of piperazine rings is 1. The number of piperidine rings is 1. The highest BCUT2D eigenvalue weighted by molar-refractivity contribution is 6.23. The largest absolute Gasteiger partial charge is 0.493 e. The molecule has 5 heterocycles. The van der Waals surface area contributed by atoms with Crippen molar-refractivity contribution in [2.75, 3.05) is 49.7 Å². The Morgan fingerprint density at radius 3 is 2.46 bits per heavy atom. The molecule has 2 saturated heterocycles. The number of benzene rings is 2. The zero-order valence-corrected chi connectivity index (χ0v) is 31.6. The molecule has 0 bridgehead atoms. The Morgan fingerprint density at radius 2 is 1.70 bits per heavy atom. The van der Waals surface area contributed by atoms with Crippen LogP contribution in [-0.2, 0) is 14.3 Å². The molecule has 16 heteroatoms. The SMILES string of the molecule is C[C@@H]1CN(c2ccc(C#N)c3ncccc23)[C@@H](C)CN1C(=O)Nc1ccc(OCCCOCCCOc2ccc3c(c2)C(=O)N(C2CCC(=O)NC2=O)C3=O)nc1. The molecular weight excluding hydrogens is 732 g/mol. The molecule has 3 atom stereocenters. The number of aromatic nitrogens is 2. The molecule has 0 aliphatic carbocycles. The summed E-state index contributed by atoms with van der Waals surface area (Å²) in [6.07, 6.45) is 4.61. The molecule has 6 amide bonds. The van der Waals surface area contributed by atoms with Gasteiger partial charge in [-0.1, -0.05) is 0 Å². The summed E-state index contributed by atoms with van der Waals surface area (Å²) in [7, 11) is 0.